The fraction of sp³-hybridized carbons (Fsp3) is 0.400. The van der Waals surface area contributed by atoms with E-state index in [0.717, 1.165) is 25.7 Å². The third-order valence-electron chi connectivity index (χ3n) is 3.53. The van der Waals surface area contributed by atoms with Crippen LogP contribution in [0.15, 0.2) is 42.5 Å². The van der Waals surface area contributed by atoms with Crippen LogP contribution in [0.1, 0.15) is 25.7 Å². The number of carbonyl (C=O) groups is 1. The number of hydrogen-bond acceptors (Lipinski definition) is 2. The zero-order valence-corrected chi connectivity index (χ0v) is 10.9. The van der Waals surface area contributed by atoms with Crippen molar-refractivity contribution in [3.05, 3.63) is 42.5 Å². The standard InChI is InChI=1S/C15H20N2O2/c16-13-10-6-1-2-7-11-14(13)17(15(18)19)12-8-4-3-5-9-12/h1-5,8-9,13-14H,6-7,10-11,16H2,(H,18,19)/b2-1+/t13-,14-/m0/s1. The summed E-state index contributed by atoms with van der Waals surface area (Å²) in [5.41, 5.74) is 6.88. The van der Waals surface area contributed by atoms with Crippen LogP contribution < -0.4 is 10.6 Å². The first-order valence-corrected chi connectivity index (χ1v) is 6.68. The van der Waals surface area contributed by atoms with E-state index in [-0.39, 0.29) is 12.1 Å². The molecule has 2 rings (SSSR count). The molecule has 2 atom stereocenters. The van der Waals surface area contributed by atoms with Gasteiger partial charge < -0.3 is 10.8 Å². The number of benzene rings is 1. The number of anilines is 1. The van der Waals surface area contributed by atoms with Crippen molar-refractivity contribution < 1.29 is 9.90 Å². The molecule has 1 aliphatic carbocycles. The fourth-order valence-corrected chi connectivity index (χ4v) is 2.55. The van der Waals surface area contributed by atoms with E-state index in [1.807, 2.05) is 30.3 Å². The van der Waals surface area contributed by atoms with Crippen molar-refractivity contribution in [3.8, 4) is 0 Å². The van der Waals surface area contributed by atoms with Gasteiger partial charge in [0.25, 0.3) is 0 Å². The molecular weight excluding hydrogens is 240 g/mol. The highest BCUT2D eigenvalue weighted by Crippen LogP contribution is 2.24. The minimum Gasteiger partial charge on any atom is -0.465 e. The van der Waals surface area contributed by atoms with Gasteiger partial charge in [-0.3, -0.25) is 4.90 Å². The first-order chi connectivity index (χ1) is 9.20. The Hall–Kier alpha value is -1.81. The number of nitrogens with two attached hydrogens (primary N) is 1. The van der Waals surface area contributed by atoms with Crippen LogP contribution in [0, 0.1) is 0 Å². The number of rotatable bonds is 2. The monoisotopic (exact) mass is 260 g/mol. The van der Waals surface area contributed by atoms with Gasteiger partial charge >= 0.3 is 6.09 Å². The molecule has 0 radical (unpaired) electrons. The maximum atomic E-state index is 11.6. The van der Waals surface area contributed by atoms with E-state index in [1.54, 1.807) is 0 Å². The predicted octanol–water partition coefficient (Wildman–Crippen LogP) is 3.00. The number of allylic oxidation sites excluding steroid dienone is 2. The highest BCUT2D eigenvalue weighted by molar-refractivity contribution is 5.86. The Morgan fingerprint density at radius 1 is 1.16 bits per heavy atom. The van der Waals surface area contributed by atoms with Gasteiger partial charge in [0.05, 0.1) is 6.04 Å². The molecule has 102 valence electrons. The van der Waals surface area contributed by atoms with Crippen molar-refractivity contribution >= 4 is 11.8 Å². The van der Waals surface area contributed by atoms with Crippen LogP contribution in [-0.4, -0.2) is 23.3 Å². The average Bonchev–Trinajstić information content (AvgIpc) is 2.39. The van der Waals surface area contributed by atoms with Crippen LogP contribution in [0.25, 0.3) is 0 Å². The van der Waals surface area contributed by atoms with Crippen molar-refractivity contribution in [2.75, 3.05) is 4.90 Å². The number of amides is 1. The second kappa shape index (κ2) is 6.38. The Labute approximate surface area is 113 Å². The minimum absolute atomic E-state index is 0.124. The van der Waals surface area contributed by atoms with Gasteiger partial charge in [0.15, 0.2) is 0 Å². The topological polar surface area (TPSA) is 66.6 Å². The molecule has 0 aliphatic heterocycles. The van der Waals surface area contributed by atoms with Crippen molar-refractivity contribution in [3.63, 3.8) is 0 Å². The lowest BCUT2D eigenvalue weighted by Gasteiger charge is -2.34. The van der Waals surface area contributed by atoms with Crippen LogP contribution in [0.4, 0.5) is 10.5 Å². The fourth-order valence-electron chi connectivity index (χ4n) is 2.55. The normalized spacial score (nSPS) is 25.1. The molecule has 0 bridgehead atoms. The smallest absolute Gasteiger partial charge is 0.412 e. The average molecular weight is 260 g/mol. The highest BCUT2D eigenvalue weighted by atomic mass is 16.4. The van der Waals surface area contributed by atoms with Gasteiger partial charge in [-0.05, 0) is 37.8 Å². The largest absolute Gasteiger partial charge is 0.465 e. The number of para-hydroxylation sites is 1. The van der Waals surface area contributed by atoms with Crippen molar-refractivity contribution in [1.82, 2.24) is 0 Å². The summed E-state index contributed by atoms with van der Waals surface area (Å²) in [7, 11) is 0. The lowest BCUT2D eigenvalue weighted by atomic mass is 9.94. The molecule has 4 heteroatoms. The van der Waals surface area contributed by atoms with E-state index in [0.29, 0.717) is 5.69 Å². The molecule has 1 aliphatic rings. The molecule has 0 fully saturated rings. The van der Waals surface area contributed by atoms with Gasteiger partial charge in [0.2, 0.25) is 0 Å². The zero-order valence-electron chi connectivity index (χ0n) is 10.9. The minimum atomic E-state index is -0.934. The third-order valence-corrected chi connectivity index (χ3v) is 3.53. The first-order valence-electron chi connectivity index (χ1n) is 6.68. The number of hydrogen-bond donors (Lipinski definition) is 2. The molecule has 0 saturated carbocycles. The van der Waals surface area contributed by atoms with Gasteiger partial charge in [0, 0.05) is 11.7 Å². The van der Waals surface area contributed by atoms with Gasteiger partial charge in [-0.25, -0.2) is 4.79 Å². The number of carboxylic acid groups (broad SMARTS) is 1. The molecule has 0 unspecified atom stereocenters. The summed E-state index contributed by atoms with van der Waals surface area (Å²) in [5, 5.41) is 9.51. The van der Waals surface area contributed by atoms with Crippen molar-refractivity contribution in [2.24, 2.45) is 5.73 Å². The van der Waals surface area contributed by atoms with E-state index >= 15 is 0 Å². The Balaban J connectivity index is 2.27. The lowest BCUT2D eigenvalue weighted by molar-refractivity contribution is 0.196. The molecule has 0 saturated heterocycles. The highest BCUT2D eigenvalue weighted by Gasteiger charge is 2.29. The second-order valence-electron chi connectivity index (χ2n) is 4.85. The van der Waals surface area contributed by atoms with E-state index in [9.17, 15) is 9.90 Å². The summed E-state index contributed by atoms with van der Waals surface area (Å²) in [6.07, 6.45) is 6.68. The maximum absolute atomic E-state index is 11.6. The van der Waals surface area contributed by atoms with Crippen LogP contribution in [0.2, 0.25) is 0 Å². The van der Waals surface area contributed by atoms with Crippen LogP contribution in [0.3, 0.4) is 0 Å². The maximum Gasteiger partial charge on any atom is 0.412 e. The Kier molecular flexibility index (Phi) is 4.58. The molecule has 1 aromatic rings. The Morgan fingerprint density at radius 2 is 1.79 bits per heavy atom. The summed E-state index contributed by atoms with van der Waals surface area (Å²) < 4.78 is 0. The molecule has 0 spiro atoms. The SMILES string of the molecule is N[C@H]1CC/C=C/CC[C@@H]1N(C(=O)O)c1ccccc1. The summed E-state index contributed by atoms with van der Waals surface area (Å²) in [4.78, 5) is 13.0. The predicted molar refractivity (Wildman–Crippen MR) is 76.3 cm³/mol. The summed E-state index contributed by atoms with van der Waals surface area (Å²) in [6, 6.07) is 8.92. The summed E-state index contributed by atoms with van der Waals surface area (Å²) >= 11 is 0. The molecule has 1 aromatic carbocycles. The molecule has 1 amide bonds. The van der Waals surface area contributed by atoms with Crippen molar-refractivity contribution in [2.45, 2.75) is 37.8 Å². The first kappa shape index (κ1) is 13.6. The summed E-state index contributed by atoms with van der Waals surface area (Å²) in [5.74, 6) is 0. The Morgan fingerprint density at radius 3 is 2.42 bits per heavy atom. The van der Waals surface area contributed by atoms with E-state index < -0.39 is 6.09 Å². The zero-order chi connectivity index (χ0) is 13.7. The molecule has 3 N–H and O–H groups in total. The quantitative estimate of drug-likeness (QED) is 0.803. The molecule has 0 aromatic heterocycles. The second-order valence-corrected chi connectivity index (χ2v) is 4.85. The van der Waals surface area contributed by atoms with E-state index in [1.165, 1.54) is 4.90 Å². The molecular formula is C15H20N2O2. The lowest BCUT2D eigenvalue weighted by Crippen LogP contribution is -2.50. The molecule has 4 nitrogen and oxygen atoms in total. The molecule has 0 heterocycles. The van der Waals surface area contributed by atoms with Gasteiger partial charge in [0.1, 0.15) is 0 Å². The summed E-state index contributed by atoms with van der Waals surface area (Å²) in [6.45, 7) is 0. The molecule has 19 heavy (non-hydrogen) atoms. The number of nitrogens with zero attached hydrogens (tertiary/aromatic N) is 1. The van der Waals surface area contributed by atoms with Crippen LogP contribution >= 0.6 is 0 Å². The third kappa shape index (κ3) is 3.35. The van der Waals surface area contributed by atoms with Crippen molar-refractivity contribution in [1.29, 1.82) is 0 Å². The van der Waals surface area contributed by atoms with Crippen LogP contribution in [-0.2, 0) is 0 Å². The Bertz CT molecular complexity index is 445. The van der Waals surface area contributed by atoms with Gasteiger partial charge in [-0.2, -0.15) is 0 Å². The van der Waals surface area contributed by atoms with Gasteiger partial charge in [-0.15, -0.1) is 0 Å². The van der Waals surface area contributed by atoms with Crippen LogP contribution in [0.5, 0.6) is 0 Å². The van der Waals surface area contributed by atoms with Gasteiger partial charge in [-0.1, -0.05) is 30.4 Å². The van der Waals surface area contributed by atoms with E-state index in [4.69, 9.17) is 5.73 Å². The van der Waals surface area contributed by atoms with E-state index in [2.05, 4.69) is 12.2 Å².